The van der Waals surface area contributed by atoms with Crippen molar-refractivity contribution in [3.63, 3.8) is 0 Å². The molecule has 3 fully saturated rings. The van der Waals surface area contributed by atoms with E-state index in [-0.39, 0.29) is 18.7 Å². The lowest BCUT2D eigenvalue weighted by Gasteiger charge is -2.50. The molecule has 0 radical (unpaired) electrons. The number of phenolic OH excluding ortho intramolecular Hbond substituents is 1. The second-order valence-corrected chi connectivity index (χ2v) is 11.7. The van der Waals surface area contributed by atoms with Crippen molar-refractivity contribution in [1.29, 1.82) is 0 Å². The molecule has 2 aliphatic carbocycles. The number of amides is 4. The van der Waals surface area contributed by atoms with Gasteiger partial charge < -0.3 is 5.11 Å². The number of hydrogen-bond acceptors (Lipinski definition) is 6. The quantitative estimate of drug-likeness (QED) is 0.324. The van der Waals surface area contributed by atoms with E-state index in [0.717, 1.165) is 16.1 Å². The molecule has 9 heteroatoms. The van der Waals surface area contributed by atoms with E-state index >= 15 is 0 Å². The summed E-state index contributed by atoms with van der Waals surface area (Å²) in [5, 5.41) is 13.5. The van der Waals surface area contributed by atoms with Crippen LogP contribution in [0.3, 0.4) is 0 Å². The third-order valence-electron chi connectivity index (χ3n) is 9.54. The fourth-order valence-corrected chi connectivity index (χ4v) is 7.74. The van der Waals surface area contributed by atoms with Crippen molar-refractivity contribution in [2.75, 3.05) is 5.43 Å². The Bertz CT molecular complexity index is 1690. The Hall–Kier alpha value is -4.79. The highest BCUT2D eigenvalue weighted by Gasteiger charge is 2.70. The first kappa shape index (κ1) is 26.1. The van der Waals surface area contributed by atoms with Gasteiger partial charge in [0, 0.05) is 5.92 Å². The second kappa shape index (κ2) is 9.37. The normalized spacial score (nSPS) is 29.9. The number of aryl methyl sites for hydroxylation is 1. The van der Waals surface area contributed by atoms with Gasteiger partial charge in [-0.3, -0.25) is 29.9 Å². The number of aromatic hydroxyl groups is 1. The summed E-state index contributed by atoms with van der Waals surface area (Å²) in [5.74, 6) is -6.62. The number of benzene rings is 3. The first-order chi connectivity index (χ1) is 20.2. The number of hydrazine groups is 1. The number of hydrogen-bond donors (Lipinski definition) is 3. The van der Waals surface area contributed by atoms with Gasteiger partial charge in [0.25, 0.3) is 11.8 Å². The molecule has 6 atom stereocenters. The van der Waals surface area contributed by atoms with Crippen LogP contribution in [0.5, 0.6) is 5.75 Å². The summed E-state index contributed by atoms with van der Waals surface area (Å²) in [5.41, 5.74) is 4.82. The van der Waals surface area contributed by atoms with Crippen LogP contribution in [0.2, 0.25) is 0 Å². The number of nitrogens with zero attached hydrogens (tertiary/aromatic N) is 1. The highest BCUT2D eigenvalue weighted by molar-refractivity contribution is 6.13. The number of fused-ring (bicyclic) bond motifs is 4. The Morgan fingerprint density at radius 3 is 2.40 bits per heavy atom. The molecule has 2 saturated heterocycles. The van der Waals surface area contributed by atoms with Gasteiger partial charge in [-0.05, 0) is 61.1 Å². The molecule has 212 valence electrons. The minimum atomic E-state index is -1.48. The number of nitrogens with one attached hydrogen (secondary N) is 2. The molecule has 8 nitrogen and oxygen atoms in total. The Balaban J connectivity index is 1.47. The second-order valence-electron chi connectivity index (χ2n) is 11.7. The molecule has 4 aliphatic rings. The van der Waals surface area contributed by atoms with Crippen LogP contribution in [0.1, 0.15) is 35.4 Å². The van der Waals surface area contributed by atoms with Crippen LogP contribution >= 0.6 is 0 Å². The van der Waals surface area contributed by atoms with Crippen LogP contribution in [0.25, 0.3) is 0 Å². The molecule has 0 aromatic heterocycles. The summed E-state index contributed by atoms with van der Waals surface area (Å²) in [4.78, 5) is 55.0. The number of rotatable bonds is 4. The molecular weight excluding hydrogens is 537 g/mol. The van der Waals surface area contributed by atoms with Crippen LogP contribution in [-0.4, -0.2) is 33.7 Å². The van der Waals surface area contributed by atoms with E-state index in [4.69, 9.17) is 0 Å². The molecule has 42 heavy (non-hydrogen) atoms. The molecule has 0 bridgehead atoms. The Morgan fingerprint density at radius 1 is 0.952 bits per heavy atom. The topological polar surface area (TPSA) is 116 Å². The number of phenols is 1. The van der Waals surface area contributed by atoms with E-state index in [1.165, 1.54) is 12.1 Å². The van der Waals surface area contributed by atoms with Crippen LogP contribution in [0.4, 0.5) is 10.1 Å². The van der Waals surface area contributed by atoms with Crippen molar-refractivity contribution < 1.29 is 28.7 Å². The van der Waals surface area contributed by atoms with Crippen molar-refractivity contribution in [1.82, 2.24) is 10.3 Å². The number of carbonyl (C=O) groups excluding carboxylic acids is 4. The summed E-state index contributed by atoms with van der Waals surface area (Å²) >= 11 is 0. The summed E-state index contributed by atoms with van der Waals surface area (Å²) in [6.45, 7) is 1.93. The molecule has 0 unspecified atom stereocenters. The van der Waals surface area contributed by atoms with Crippen molar-refractivity contribution in [3.8, 4) is 5.75 Å². The molecule has 7 rings (SSSR count). The zero-order valence-electron chi connectivity index (χ0n) is 22.7. The van der Waals surface area contributed by atoms with E-state index in [9.17, 15) is 28.7 Å². The van der Waals surface area contributed by atoms with Crippen LogP contribution < -0.4 is 10.7 Å². The van der Waals surface area contributed by atoms with E-state index in [1.807, 2.05) is 31.2 Å². The summed E-state index contributed by atoms with van der Waals surface area (Å²) < 4.78 is 15.0. The van der Waals surface area contributed by atoms with E-state index in [0.29, 0.717) is 16.8 Å². The minimum Gasteiger partial charge on any atom is -0.505 e. The van der Waals surface area contributed by atoms with Gasteiger partial charge in [0.05, 0.1) is 28.9 Å². The van der Waals surface area contributed by atoms with Gasteiger partial charge in [-0.2, -0.15) is 5.01 Å². The van der Waals surface area contributed by atoms with Gasteiger partial charge in [0.15, 0.2) is 11.6 Å². The maximum Gasteiger partial charge on any atom is 0.260 e. The Labute approximate surface area is 241 Å². The maximum atomic E-state index is 15.0. The molecule has 3 aromatic carbocycles. The molecule has 2 aliphatic heterocycles. The third kappa shape index (κ3) is 3.59. The lowest BCUT2D eigenvalue weighted by molar-refractivity contribution is -0.138. The standard InChI is InChI=1S/C33H28FN3O5/c1-17-7-10-20(11-8-17)36-37-31(41)24-16-23-21(12-13-22-27(23)30(40)35-29(22)39)28(18-9-14-26(38)25(34)15-18)33(24,32(37)42)19-5-3-2-4-6-19/h2-12,14-15,22-24,27-28,36,38H,13,16H2,1H3,(H,35,39,40)/t22-,23+,24-,27-,28-,33+/m0/s1. The first-order valence-electron chi connectivity index (χ1n) is 14.0. The zero-order chi connectivity index (χ0) is 29.3. The zero-order valence-corrected chi connectivity index (χ0v) is 22.7. The van der Waals surface area contributed by atoms with Crippen molar-refractivity contribution >= 4 is 29.3 Å². The number of anilines is 1. The predicted molar refractivity (Wildman–Crippen MR) is 150 cm³/mol. The number of carbonyl (C=O) groups is 4. The number of halogens is 1. The largest absolute Gasteiger partial charge is 0.505 e. The van der Waals surface area contributed by atoms with E-state index in [2.05, 4.69) is 10.7 Å². The molecule has 3 N–H and O–H groups in total. The van der Waals surface area contributed by atoms with Crippen molar-refractivity contribution in [2.24, 2.45) is 23.7 Å². The average Bonchev–Trinajstić information content (AvgIpc) is 3.40. The SMILES string of the molecule is Cc1ccc(NN2C(=O)[C@@H]3C[C@@H]4C(=CC[C@@H]5C(=O)NC(=O)[C@@H]54)[C@H](c4ccc(O)c(F)c4)[C@]3(c3ccccc3)C2=O)cc1. The van der Waals surface area contributed by atoms with Crippen LogP contribution in [0, 0.1) is 36.4 Å². The van der Waals surface area contributed by atoms with Crippen molar-refractivity contribution in [2.45, 2.75) is 31.1 Å². The third-order valence-corrected chi connectivity index (χ3v) is 9.54. The van der Waals surface area contributed by atoms with Crippen LogP contribution in [0.15, 0.2) is 84.4 Å². The lowest BCUT2D eigenvalue weighted by atomic mass is 9.49. The Morgan fingerprint density at radius 2 is 1.69 bits per heavy atom. The monoisotopic (exact) mass is 565 g/mol. The average molecular weight is 566 g/mol. The molecular formula is C33H28FN3O5. The van der Waals surface area contributed by atoms with Gasteiger partial charge in [-0.1, -0.05) is 65.7 Å². The highest BCUT2D eigenvalue weighted by atomic mass is 19.1. The molecule has 2 heterocycles. The number of imide groups is 2. The lowest BCUT2D eigenvalue weighted by Crippen LogP contribution is -2.53. The number of allylic oxidation sites excluding steroid dienone is 2. The molecule has 4 amide bonds. The molecule has 0 spiro atoms. The predicted octanol–water partition coefficient (Wildman–Crippen LogP) is 4.11. The van der Waals surface area contributed by atoms with Gasteiger partial charge in [-0.25, -0.2) is 4.39 Å². The minimum absolute atomic E-state index is 0.163. The van der Waals surface area contributed by atoms with Gasteiger partial charge in [-0.15, -0.1) is 0 Å². The fourth-order valence-electron chi connectivity index (χ4n) is 7.74. The van der Waals surface area contributed by atoms with Crippen LogP contribution in [-0.2, 0) is 24.6 Å². The fraction of sp³-hybridized carbons (Fsp3) is 0.273. The van der Waals surface area contributed by atoms with E-state index < -0.39 is 64.3 Å². The molecule has 1 saturated carbocycles. The van der Waals surface area contributed by atoms with Gasteiger partial charge >= 0.3 is 0 Å². The summed E-state index contributed by atoms with van der Waals surface area (Å²) in [6, 6.07) is 20.3. The van der Waals surface area contributed by atoms with Crippen molar-refractivity contribution in [3.05, 3.63) is 107 Å². The van der Waals surface area contributed by atoms with E-state index in [1.54, 1.807) is 42.5 Å². The maximum absolute atomic E-state index is 15.0. The molecule has 3 aromatic rings. The highest BCUT2D eigenvalue weighted by Crippen LogP contribution is 2.63. The smallest absolute Gasteiger partial charge is 0.260 e. The van der Waals surface area contributed by atoms with Gasteiger partial charge in [0.2, 0.25) is 11.8 Å². The first-order valence-corrected chi connectivity index (χ1v) is 14.0. The Kier molecular flexibility index (Phi) is 5.83. The van der Waals surface area contributed by atoms with Gasteiger partial charge in [0.1, 0.15) is 0 Å². The summed E-state index contributed by atoms with van der Waals surface area (Å²) in [6.07, 6.45) is 2.35. The summed E-state index contributed by atoms with van der Waals surface area (Å²) in [7, 11) is 0.